The smallest absolute Gasteiger partial charge is 0.315 e. The van der Waals surface area contributed by atoms with Crippen molar-refractivity contribution in [3.8, 4) is 5.75 Å². The molecule has 3 nitrogen and oxygen atoms in total. The van der Waals surface area contributed by atoms with E-state index in [1.165, 1.54) is 0 Å². The zero-order valence-electron chi connectivity index (χ0n) is 15.2. The van der Waals surface area contributed by atoms with Gasteiger partial charge in [-0.15, -0.1) is 0 Å². The number of benzene rings is 1. The van der Waals surface area contributed by atoms with Crippen LogP contribution >= 0.6 is 0 Å². The van der Waals surface area contributed by atoms with E-state index in [1.54, 1.807) is 0 Å². The van der Waals surface area contributed by atoms with Gasteiger partial charge in [-0.3, -0.25) is 4.79 Å². The van der Waals surface area contributed by atoms with Crippen molar-refractivity contribution in [3.05, 3.63) is 29.8 Å². The molecular formula is C18H30O3Si. The van der Waals surface area contributed by atoms with E-state index in [-0.39, 0.29) is 11.0 Å². The van der Waals surface area contributed by atoms with Crippen LogP contribution in [0.15, 0.2) is 24.3 Å². The van der Waals surface area contributed by atoms with Crippen molar-refractivity contribution in [2.45, 2.75) is 65.1 Å². The molecule has 0 atom stereocenters. The van der Waals surface area contributed by atoms with Gasteiger partial charge >= 0.3 is 5.97 Å². The van der Waals surface area contributed by atoms with Crippen LogP contribution in [-0.4, -0.2) is 20.9 Å². The summed E-state index contributed by atoms with van der Waals surface area (Å²) in [6.45, 7) is 17.1. The molecule has 1 aromatic rings. The van der Waals surface area contributed by atoms with Crippen molar-refractivity contribution < 1.29 is 14.0 Å². The predicted octanol–water partition coefficient (Wildman–Crippen LogP) is 4.91. The van der Waals surface area contributed by atoms with Gasteiger partial charge in [-0.1, -0.05) is 32.9 Å². The number of ether oxygens (including phenoxy) is 1. The Morgan fingerprint density at radius 2 is 1.73 bits per heavy atom. The fourth-order valence-electron chi connectivity index (χ4n) is 1.83. The zero-order valence-corrected chi connectivity index (χ0v) is 16.2. The standard InChI is InChI=1S/C18H30O3Si/c1-9-20-16(19)18(5,6)14-11-10-12-15(13-14)21-22(7,8)17(2,3)4/h10-13H,9H2,1-8H3. The Morgan fingerprint density at radius 1 is 1.14 bits per heavy atom. The summed E-state index contributed by atoms with van der Waals surface area (Å²) < 4.78 is 11.5. The van der Waals surface area contributed by atoms with Crippen molar-refractivity contribution in [3.63, 3.8) is 0 Å². The van der Waals surface area contributed by atoms with E-state index < -0.39 is 13.7 Å². The third-order valence-electron chi connectivity index (χ3n) is 4.52. The molecule has 0 bridgehead atoms. The Balaban J connectivity index is 3.08. The van der Waals surface area contributed by atoms with Crippen LogP contribution in [0.5, 0.6) is 5.75 Å². The third kappa shape index (κ3) is 4.13. The highest BCUT2D eigenvalue weighted by atomic mass is 28.4. The molecule has 0 aliphatic heterocycles. The molecule has 0 N–H and O–H groups in total. The van der Waals surface area contributed by atoms with E-state index >= 15 is 0 Å². The molecule has 0 aromatic heterocycles. The van der Waals surface area contributed by atoms with Crippen LogP contribution in [0.3, 0.4) is 0 Å². The maximum Gasteiger partial charge on any atom is 0.315 e. The van der Waals surface area contributed by atoms with Crippen LogP contribution in [-0.2, 0) is 14.9 Å². The van der Waals surface area contributed by atoms with E-state index in [4.69, 9.17) is 9.16 Å². The molecule has 22 heavy (non-hydrogen) atoms. The van der Waals surface area contributed by atoms with Crippen LogP contribution in [0.4, 0.5) is 0 Å². The van der Waals surface area contributed by atoms with E-state index in [1.807, 2.05) is 45.0 Å². The maximum atomic E-state index is 12.2. The zero-order chi connectivity index (χ0) is 17.2. The summed E-state index contributed by atoms with van der Waals surface area (Å²) in [6.07, 6.45) is 0. The number of carbonyl (C=O) groups is 1. The van der Waals surface area contributed by atoms with Crippen molar-refractivity contribution in [2.24, 2.45) is 0 Å². The van der Waals surface area contributed by atoms with Gasteiger partial charge < -0.3 is 9.16 Å². The Labute approximate surface area is 136 Å². The Hall–Kier alpha value is -1.29. The number of esters is 1. The van der Waals surface area contributed by atoms with Crippen LogP contribution in [0, 0.1) is 0 Å². The van der Waals surface area contributed by atoms with Crippen molar-refractivity contribution in [2.75, 3.05) is 6.61 Å². The van der Waals surface area contributed by atoms with Crippen molar-refractivity contribution >= 4 is 14.3 Å². The van der Waals surface area contributed by atoms with E-state index in [9.17, 15) is 4.79 Å². The predicted molar refractivity (Wildman–Crippen MR) is 93.9 cm³/mol. The van der Waals surface area contributed by atoms with E-state index in [0.717, 1.165) is 11.3 Å². The lowest BCUT2D eigenvalue weighted by Gasteiger charge is -2.36. The minimum absolute atomic E-state index is 0.139. The molecule has 0 aliphatic carbocycles. The molecule has 1 rings (SSSR count). The van der Waals surface area contributed by atoms with Gasteiger partial charge in [0.2, 0.25) is 8.32 Å². The summed E-state index contributed by atoms with van der Waals surface area (Å²) in [7, 11) is -1.89. The topological polar surface area (TPSA) is 35.5 Å². The molecular weight excluding hydrogens is 292 g/mol. The molecule has 1 aromatic carbocycles. The fourth-order valence-corrected chi connectivity index (χ4v) is 2.85. The Kier molecular flexibility index (Phi) is 5.50. The highest BCUT2D eigenvalue weighted by molar-refractivity contribution is 6.74. The first kappa shape index (κ1) is 18.8. The van der Waals surface area contributed by atoms with Gasteiger partial charge in [-0.25, -0.2) is 0 Å². The van der Waals surface area contributed by atoms with Crippen molar-refractivity contribution in [1.29, 1.82) is 0 Å². The summed E-state index contributed by atoms with van der Waals surface area (Å²) in [5, 5.41) is 0.139. The number of rotatable bonds is 5. The Bertz CT molecular complexity index is 527. The molecule has 0 aliphatic rings. The van der Waals surface area contributed by atoms with Gasteiger partial charge in [0, 0.05) is 0 Å². The minimum atomic E-state index is -1.89. The molecule has 0 amide bonds. The number of hydrogen-bond donors (Lipinski definition) is 0. The monoisotopic (exact) mass is 322 g/mol. The molecule has 124 valence electrons. The first-order chi connectivity index (χ1) is 9.91. The summed E-state index contributed by atoms with van der Waals surface area (Å²) in [5.74, 6) is 0.626. The average molecular weight is 323 g/mol. The SMILES string of the molecule is CCOC(=O)C(C)(C)c1cccc(O[Si](C)(C)C(C)(C)C)c1. The normalized spacial score (nSPS) is 12.9. The molecule has 0 fully saturated rings. The van der Waals surface area contributed by atoms with Gasteiger partial charge in [0.15, 0.2) is 0 Å². The molecule has 0 unspecified atom stereocenters. The van der Waals surface area contributed by atoms with Crippen molar-refractivity contribution in [1.82, 2.24) is 0 Å². The van der Waals surface area contributed by atoms with E-state index in [2.05, 4.69) is 33.9 Å². The quantitative estimate of drug-likeness (QED) is 0.570. The van der Waals surface area contributed by atoms with Crippen LogP contribution in [0.1, 0.15) is 47.1 Å². The number of carbonyl (C=O) groups excluding carboxylic acids is 1. The Morgan fingerprint density at radius 3 is 2.23 bits per heavy atom. The molecule has 0 saturated heterocycles. The molecule has 0 saturated carbocycles. The van der Waals surface area contributed by atoms with Gasteiger partial charge in [0.25, 0.3) is 0 Å². The second kappa shape index (κ2) is 6.45. The highest BCUT2D eigenvalue weighted by Gasteiger charge is 2.39. The van der Waals surface area contributed by atoms with Gasteiger partial charge in [0.05, 0.1) is 12.0 Å². The lowest BCUT2D eigenvalue weighted by molar-refractivity contribution is -0.148. The molecule has 0 spiro atoms. The average Bonchev–Trinajstić information content (AvgIpc) is 2.37. The second-order valence-corrected chi connectivity index (χ2v) is 12.5. The minimum Gasteiger partial charge on any atom is -0.543 e. The highest BCUT2D eigenvalue weighted by Crippen LogP contribution is 2.38. The lowest BCUT2D eigenvalue weighted by Crippen LogP contribution is -2.44. The van der Waals surface area contributed by atoms with Gasteiger partial charge in [-0.2, -0.15) is 0 Å². The number of hydrogen-bond acceptors (Lipinski definition) is 3. The summed E-state index contributed by atoms with van der Waals surface area (Å²) in [5.41, 5.74) is 0.241. The van der Waals surface area contributed by atoms with Crippen LogP contribution in [0.2, 0.25) is 18.1 Å². The first-order valence-electron chi connectivity index (χ1n) is 7.88. The second-order valence-electron chi connectivity index (χ2n) is 7.74. The lowest BCUT2D eigenvalue weighted by atomic mass is 9.85. The van der Waals surface area contributed by atoms with Gasteiger partial charge in [0.1, 0.15) is 5.75 Å². The first-order valence-corrected chi connectivity index (χ1v) is 10.8. The largest absolute Gasteiger partial charge is 0.543 e. The maximum absolute atomic E-state index is 12.2. The van der Waals surface area contributed by atoms with Crippen LogP contribution < -0.4 is 4.43 Å². The molecule has 4 heteroatoms. The van der Waals surface area contributed by atoms with Gasteiger partial charge in [-0.05, 0) is 56.6 Å². The fraction of sp³-hybridized carbons (Fsp3) is 0.611. The summed E-state index contributed by atoms with van der Waals surface area (Å²) in [6, 6.07) is 7.83. The summed E-state index contributed by atoms with van der Waals surface area (Å²) >= 11 is 0. The van der Waals surface area contributed by atoms with E-state index in [0.29, 0.717) is 6.61 Å². The summed E-state index contributed by atoms with van der Waals surface area (Å²) in [4.78, 5) is 12.2. The third-order valence-corrected chi connectivity index (χ3v) is 8.88. The van der Waals surface area contributed by atoms with Crippen LogP contribution in [0.25, 0.3) is 0 Å². The molecule has 0 radical (unpaired) electrons. The molecule has 0 heterocycles.